The van der Waals surface area contributed by atoms with E-state index in [2.05, 4.69) is 10.1 Å². The van der Waals surface area contributed by atoms with Crippen molar-refractivity contribution in [3.63, 3.8) is 0 Å². The van der Waals surface area contributed by atoms with Gasteiger partial charge in [0.2, 0.25) is 11.7 Å². The van der Waals surface area contributed by atoms with Crippen molar-refractivity contribution in [3.05, 3.63) is 11.7 Å². The summed E-state index contributed by atoms with van der Waals surface area (Å²) in [4.78, 5) is 4.26. The number of aromatic nitrogens is 2. The molecule has 90 valence electrons. The molecule has 1 saturated heterocycles. The number of hydrogen-bond acceptors (Lipinski definition) is 6. The Bertz CT molecular complexity index is 323. The first-order chi connectivity index (χ1) is 7.79. The topological polar surface area (TPSA) is 83.4 Å². The summed E-state index contributed by atoms with van der Waals surface area (Å²) < 4.78 is 15.9. The van der Waals surface area contributed by atoms with Crippen LogP contribution in [0.3, 0.4) is 0 Å². The maximum absolute atomic E-state index is 5.81. The minimum atomic E-state index is -0.205. The second kappa shape index (κ2) is 5.38. The Balaban J connectivity index is 1.95. The molecule has 2 atom stereocenters. The molecule has 16 heavy (non-hydrogen) atoms. The molecule has 0 saturated carbocycles. The van der Waals surface area contributed by atoms with E-state index >= 15 is 0 Å². The normalized spacial score (nSPS) is 23.2. The van der Waals surface area contributed by atoms with Crippen LogP contribution in [-0.2, 0) is 15.9 Å². The maximum atomic E-state index is 5.81. The highest BCUT2D eigenvalue weighted by molar-refractivity contribution is 4.93. The predicted octanol–water partition coefficient (Wildman–Crippen LogP) is 0.437. The van der Waals surface area contributed by atoms with Crippen LogP contribution in [0.2, 0.25) is 0 Å². The van der Waals surface area contributed by atoms with Crippen molar-refractivity contribution in [2.24, 2.45) is 5.73 Å². The van der Waals surface area contributed by atoms with E-state index in [1.165, 1.54) is 0 Å². The van der Waals surface area contributed by atoms with Gasteiger partial charge in [0.15, 0.2) is 0 Å². The van der Waals surface area contributed by atoms with Gasteiger partial charge in [-0.25, -0.2) is 0 Å². The molecule has 2 unspecified atom stereocenters. The molecule has 2 heterocycles. The summed E-state index contributed by atoms with van der Waals surface area (Å²) in [5, 5.41) is 3.88. The highest BCUT2D eigenvalue weighted by Gasteiger charge is 2.22. The van der Waals surface area contributed by atoms with Gasteiger partial charge in [0, 0.05) is 12.5 Å². The van der Waals surface area contributed by atoms with Gasteiger partial charge in [0.05, 0.1) is 19.8 Å². The van der Waals surface area contributed by atoms with Crippen molar-refractivity contribution >= 4 is 0 Å². The van der Waals surface area contributed by atoms with E-state index in [0.29, 0.717) is 38.0 Å². The number of ether oxygens (including phenoxy) is 2. The SMILES string of the molecule is CCC(N)Cc1nc(C2COCCO2)no1. The standard InChI is InChI=1S/C10H17N3O3/c1-2-7(11)5-9-12-10(13-16-9)8-6-14-3-4-15-8/h7-8H,2-6,11H2,1H3. The van der Waals surface area contributed by atoms with Gasteiger partial charge < -0.3 is 19.7 Å². The molecule has 1 aliphatic rings. The third-order valence-electron chi connectivity index (χ3n) is 2.55. The van der Waals surface area contributed by atoms with E-state index in [1.54, 1.807) is 0 Å². The van der Waals surface area contributed by atoms with Crippen molar-refractivity contribution in [2.45, 2.75) is 31.9 Å². The van der Waals surface area contributed by atoms with Gasteiger partial charge in [0.1, 0.15) is 6.10 Å². The van der Waals surface area contributed by atoms with E-state index < -0.39 is 0 Å². The smallest absolute Gasteiger partial charge is 0.228 e. The summed E-state index contributed by atoms with van der Waals surface area (Å²) >= 11 is 0. The zero-order chi connectivity index (χ0) is 11.4. The molecule has 1 aromatic rings. The Morgan fingerprint density at radius 1 is 1.50 bits per heavy atom. The van der Waals surface area contributed by atoms with Crippen molar-refractivity contribution in [1.29, 1.82) is 0 Å². The first kappa shape index (κ1) is 11.5. The van der Waals surface area contributed by atoms with E-state index in [-0.39, 0.29) is 12.1 Å². The highest BCUT2D eigenvalue weighted by Crippen LogP contribution is 2.17. The fourth-order valence-corrected chi connectivity index (χ4v) is 1.49. The number of nitrogens with zero attached hydrogens (tertiary/aromatic N) is 2. The molecular weight excluding hydrogens is 210 g/mol. The van der Waals surface area contributed by atoms with Gasteiger partial charge in [-0.15, -0.1) is 0 Å². The van der Waals surface area contributed by atoms with E-state index in [0.717, 1.165) is 6.42 Å². The second-order valence-electron chi connectivity index (χ2n) is 3.85. The fraction of sp³-hybridized carbons (Fsp3) is 0.800. The van der Waals surface area contributed by atoms with Crippen LogP contribution in [0.15, 0.2) is 4.52 Å². The molecule has 6 heteroatoms. The van der Waals surface area contributed by atoms with Crippen molar-refractivity contribution in [2.75, 3.05) is 19.8 Å². The molecule has 1 fully saturated rings. The van der Waals surface area contributed by atoms with Crippen molar-refractivity contribution in [3.8, 4) is 0 Å². The molecule has 0 spiro atoms. The number of rotatable bonds is 4. The first-order valence-corrected chi connectivity index (χ1v) is 5.57. The molecule has 0 aliphatic carbocycles. The molecule has 0 bridgehead atoms. The van der Waals surface area contributed by atoms with Crippen LogP contribution in [0.5, 0.6) is 0 Å². The number of hydrogen-bond donors (Lipinski definition) is 1. The predicted molar refractivity (Wildman–Crippen MR) is 55.8 cm³/mol. The van der Waals surface area contributed by atoms with Gasteiger partial charge >= 0.3 is 0 Å². The quantitative estimate of drug-likeness (QED) is 0.803. The maximum Gasteiger partial charge on any atom is 0.228 e. The van der Waals surface area contributed by atoms with Crippen LogP contribution in [-0.4, -0.2) is 36.0 Å². The summed E-state index contributed by atoms with van der Waals surface area (Å²) in [5.41, 5.74) is 5.81. The van der Waals surface area contributed by atoms with Gasteiger partial charge in [0.25, 0.3) is 0 Å². The summed E-state index contributed by atoms with van der Waals surface area (Å²) in [6.07, 6.45) is 1.29. The van der Waals surface area contributed by atoms with E-state index in [1.807, 2.05) is 6.92 Å². The lowest BCUT2D eigenvalue weighted by molar-refractivity contribution is -0.0941. The molecule has 2 rings (SSSR count). The summed E-state index contributed by atoms with van der Waals surface area (Å²) in [6.45, 7) is 3.71. The van der Waals surface area contributed by atoms with Crippen LogP contribution >= 0.6 is 0 Å². The first-order valence-electron chi connectivity index (χ1n) is 5.57. The Morgan fingerprint density at radius 2 is 2.38 bits per heavy atom. The molecule has 2 N–H and O–H groups in total. The van der Waals surface area contributed by atoms with Gasteiger partial charge in [-0.1, -0.05) is 12.1 Å². The Morgan fingerprint density at radius 3 is 3.06 bits per heavy atom. The van der Waals surface area contributed by atoms with Crippen LogP contribution in [0.25, 0.3) is 0 Å². The van der Waals surface area contributed by atoms with Crippen LogP contribution in [0.4, 0.5) is 0 Å². The minimum Gasteiger partial charge on any atom is -0.376 e. The molecule has 0 aromatic carbocycles. The molecule has 1 aliphatic heterocycles. The average molecular weight is 227 g/mol. The Labute approximate surface area is 94.1 Å². The van der Waals surface area contributed by atoms with Gasteiger partial charge in [-0.05, 0) is 6.42 Å². The second-order valence-corrected chi connectivity index (χ2v) is 3.85. The van der Waals surface area contributed by atoms with Crippen LogP contribution in [0.1, 0.15) is 31.2 Å². The molecule has 6 nitrogen and oxygen atoms in total. The van der Waals surface area contributed by atoms with Crippen LogP contribution in [0, 0.1) is 0 Å². The lowest BCUT2D eigenvalue weighted by Crippen LogP contribution is -2.23. The molecular formula is C10H17N3O3. The molecule has 0 radical (unpaired) electrons. The lowest BCUT2D eigenvalue weighted by atomic mass is 10.2. The minimum absolute atomic E-state index is 0.0665. The van der Waals surface area contributed by atoms with Crippen LogP contribution < -0.4 is 5.73 Å². The summed E-state index contributed by atoms with van der Waals surface area (Å²) in [7, 11) is 0. The van der Waals surface area contributed by atoms with E-state index in [9.17, 15) is 0 Å². The zero-order valence-electron chi connectivity index (χ0n) is 9.39. The zero-order valence-corrected chi connectivity index (χ0v) is 9.39. The Kier molecular flexibility index (Phi) is 3.87. The monoisotopic (exact) mass is 227 g/mol. The number of nitrogens with two attached hydrogens (primary N) is 1. The largest absolute Gasteiger partial charge is 0.376 e. The lowest BCUT2D eigenvalue weighted by Gasteiger charge is -2.19. The fourth-order valence-electron chi connectivity index (χ4n) is 1.49. The average Bonchev–Trinajstić information content (AvgIpc) is 2.78. The summed E-state index contributed by atoms with van der Waals surface area (Å²) in [6, 6.07) is 0.0665. The Hall–Kier alpha value is -0.980. The third kappa shape index (κ3) is 2.78. The van der Waals surface area contributed by atoms with Crippen molar-refractivity contribution in [1.82, 2.24) is 10.1 Å². The van der Waals surface area contributed by atoms with Crippen molar-refractivity contribution < 1.29 is 14.0 Å². The van der Waals surface area contributed by atoms with Gasteiger partial charge in [-0.2, -0.15) is 4.98 Å². The summed E-state index contributed by atoms with van der Waals surface area (Å²) in [5.74, 6) is 1.12. The molecule has 1 aromatic heterocycles. The van der Waals surface area contributed by atoms with Gasteiger partial charge in [-0.3, -0.25) is 0 Å². The third-order valence-corrected chi connectivity index (χ3v) is 2.55. The highest BCUT2D eigenvalue weighted by atomic mass is 16.6. The molecule has 0 amide bonds. The van der Waals surface area contributed by atoms with E-state index in [4.69, 9.17) is 19.7 Å².